The molecule has 1 rings (SSSR count). The molecule has 0 aliphatic heterocycles. The molecule has 0 radical (unpaired) electrons. The third kappa shape index (κ3) is 5.22. The van der Waals surface area contributed by atoms with Gasteiger partial charge in [-0.15, -0.1) is 5.10 Å². The van der Waals surface area contributed by atoms with E-state index in [4.69, 9.17) is 12.2 Å². The topological polar surface area (TPSA) is 69.8 Å². The molecule has 0 spiro atoms. The van der Waals surface area contributed by atoms with E-state index >= 15 is 0 Å². The second-order valence-electron chi connectivity index (χ2n) is 3.79. The van der Waals surface area contributed by atoms with Crippen molar-refractivity contribution >= 4 is 34.6 Å². The fourth-order valence-electron chi connectivity index (χ4n) is 0.995. The first-order chi connectivity index (χ1) is 7.58. The fourth-order valence-corrected chi connectivity index (χ4v) is 1.81. The number of aromatic nitrogens is 2. The lowest BCUT2D eigenvalue weighted by Gasteiger charge is -2.07. The van der Waals surface area contributed by atoms with Crippen molar-refractivity contribution in [3.63, 3.8) is 0 Å². The van der Waals surface area contributed by atoms with Crippen molar-refractivity contribution in [2.45, 2.75) is 20.3 Å². The number of hydrogen-bond acceptors (Lipinski definition) is 5. The maximum atomic E-state index is 11.3. The first kappa shape index (κ1) is 13.1. The molecule has 0 unspecified atom stereocenters. The van der Waals surface area contributed by atoms with Crippen LogP contribution in [-0.4, -0.2) is 29.2 Å². The lowest BCUT2D eigenvalue weighted by Crippen LogP contribution is -2.28. The Labute approximate surface area is 104 Å². The Hall–Kier alpha value is -0.950. The molecule has 1 aromatic rings. The third-order valence-electron chi connectivity index (χ3n) is 1.77. The Bertz CT molecular complexity index is 385. The van der Waals surface area contributed by atoms with Crippen LogP contribution in [0.2, 0.25) is 0 Å². The fraction of sp³-hybridized carbons (Fsp3) is 0.667. The van der Waals surface area contributed by atoms with Gasteiger partial charge in [0.1, 0.15) is 0 Å². The van der Waals surface area contributed by atoms with Gasteiger partial charge in [0.2, 0.25) is 11.0 Å². The van der Waals surface area contributed by atoms with E-state index in [1.165, 1.54) is 11.3 Å². The summed E-state index contributed by atoms with van der Waals surface area (Å²) in [7, 11) is 0. The van der Waals surface area contributed by atoms with Gasteiger partial charge in [0, 0.05) is 19.5 Å². The van der Waals surface area contributed by atoms with Gasteiger partial charge in [-0.05, 0) is 18.1 Å². The molecule has 0 aromatic carbocycles. The molecule has 0 aliphatic rings. The smallest absolute Gasteiger partial charge is 0.221 e. The normalized spacial score (nSPS) is 10.4. The van der Waals surface area contributed by atoms with E-state index in [0.717, 1.165) is 11.7 Å². The monoisotopic (exact) mass is 260 g/mol. The summed E-state index contributed by atoms with van der Waals surface area (Å²) in [6, 6.07) is 0. The quantitative estimate of drug-likeness (QED) is 0.682. The molecule has 3 N–H and O–H groups in total. The van der Waals surface area contributed by atoms with Gasteiger partial charge in [-0.1, -0.05) is 25.2 Å². The van der Waals surface area contributed by atoms with Gasteiger partial charge in [0.15, 0.2) is 3.95 Å². The second-order valence-corrected chi connectivity index (χ2v) is 5.46. The Balaban J connectivity index is 2.15. The maximum absolute atomic E-state index is 11.3. The van der Waals surface area contributed by atoms with E-state index in [1.807, 2.05) is 0 Å². The second kappa shape index (κ2) is 6.59. The van der Waals surface area contributed by atoms with E-state index in [9.17, 15) is 4.79 Å². The minimum atomic E-state index is 0.0559. The molecule has 1 heterocycles. The number of anilines is 1. The minimum absolute atomic E-state index is 0.0559. The van der Waals surface area contributed by atoms with Crippen LogP contribution >= 0.6 is 23.6 Å². The van der Waals surface area contributed by atoms with E-state index in [2.05, 4.69) is 34.7 Å². The van der Waals surface area contributed by atoms with Gasteiger partial charge >= 0.3 is 0 Å². The molecule has 1 aromatic heterocycles. The zero-order chi connectivity index (χ0) is 12.0. The SMILES string of the molecule is CC(C)CNC(=O)CCNc1n[nH]c(=S)s1. The zero-order valence-corrected chi connectivity index (χ0v) is 11.0. The van der Waals surface area contributed by atoms with Crippen LogP contribution in [0.5, 0.6) is 0 Å². The summed E-state index contributed by atoms with van der Waals surface area (Å²) in [4.78, 5) is 11.3. The highest BCUT2D eigenvalue weighted by atomic mass is 32.1. The Morgan fingerprint density at radius 3 is 2.94 bits per heavy atom. The van der Waals surface area contributed by atoms with Gasteiger partial charge in [0.25, 0.3) is 0 Å². The number of carbonyl (C=O) groups excluding carboxylic acids is 1. The lowest BCUT2D eigenvalue weighted by atomic mass is 10.2. The largest absolute Gasteiger partial charge is 0.360 e. The summed E-state index contributed by atoms with van der Waals surface area (Å²) in [5.74, 6) is 0.536. The molecular formula is C9H16N4OS2. The number of nitrogens with one attached hydrogen (secondary N) is 3. The van der Waals surface area contributed by atoms with Crippen molar-refractivity contribution in [3.05, 3.63) is 3.95 Å². The molecular weight excluding hydrogens is 244 g/mol. The van der Waals surface area contributed by atoms with Crippen LogP contribution in [0.4, 0.5) is 5.13 Å². The van der Waals surface area contributed by atoms with Crippen LogP contribution < -0.4 is 10.6 Å². The molecule has 1 amide bonds. The Morgan fingerprint density at radius 2 is 2.38 bits per heavy atom. The minimum Gasteiger partial charge on any atom is -0.360 e. The zero-order valence-electron chi connectivity index (χ0n) is 9.37. The molecule has 5 nitrogen and oxygen atoms in total. The van der Waals surface area contributed by atoms with E-state index < -0.39 is 0 Å². The first-order valence-corrected chi connectivity index (χ1v) is 6.36. The number of nitrogens with zero attached hydrogens (tertiary/aromatic N) is 1. The molecule has 0 saturated carbocycles. The number of hydrogen-bond donors (Lipinski definition) is 3. The lowest BCUT2D eigenvalue weighted by molar-refractivity contribution is -0.120. The highest BCUT2D eigenvalue weighted by molar-refractivity contribution is 7.73. The van der Waals surface area contributed by atoms with Crippen molar-refractivity contribution in [1.82, 2.24) is 15.5 Å². The standard InChI is InChI=1S/C9H16N4OS2/c1-6(2)5-11-7(14)3-4-10-8-12-13-9(15)16-8/h6H,3-5H2,1-2H3,(H,10,12)(H,11,14)(H,13,15). The van der Waals surface area contributed by atoms with Crippen LogP contribution in [-0.2, 0) is 4.79 Å². The van der Waals surface area contributed by atoms with Crippen molar-refractivity contribution in [3.8, 4) is 0 Å². The van der Waals surface area contributed by atoms with Crippen LogP contribution in [0.25, 0.3) is 0 Å². The number of carbonyl (C=O) groups is 1. The maximum Gasteiger partial charge on any atom is 0.221 e. The van der Waals surface area contributed by atoms with E-state index in [0.29, 0.717) is 22.8 Å². The van der Waals surface area contributed by atoms with Gasteiger partial charge in [-0.25, -0.2) is 0 Å². The highest BCUT2D eigenvalue weighted by Gasteiger charge is 2.02. The summed E-state index contributed by atoms with van der Waals surface area (Å²) in [5, 5.41) is 13.2. The molecule has 0 bridgehead atoms. The first-order valence-electron chi connectivity index (χ1n) is 5.14. The van der Waals surface area contributed by atoms with E-state index in [1.54, 1.807) is 0 Å². The van der Waals surface area contributed by atoms with Crippen LogP contribution in [0.15, 0.2) is 0 Å². The summed E-state index contributed by atoms with van der Waals surface area (Å²) in [6.45, 7) is 5.42. The number of amides is 1. The van der Waals surface area contributed by atoms with Crippen LogP contribution in [0.1, 0.15) is 20.3 Å². The number of H-pyrrole nitrogens is 1. The van der Waals surface area contributed by atoms with Crippen molar-refractivity contribution in [2.75, 3.05) is 18.4 Å². The van der Waals surface area contributed by atoms with Crippen LogP contribution in [0, 0.1) is 9.87 Å². The summed E-state index contributed by atoms with van der Waals surface area (Å²) in [6.07, 6.45) is 0.444. The summed E-state index contributed by atoms with van der Waals surface area (Å²) >= 11 is 6.25. The van der Waals surface area contributed by atoms with Gasteiger partial charge in [0.05, 0.1) is 0 Å². The predicted octanol–water partition coefficient (Wildman–Crippen LogP) is 1.77. The Morgan fingerprint density at radius 1 is 1.62 bits per heavy atom. The van der Waals surface area contributed by atoms with E-state index in [-0.39, 0.29) is 5.91 Å². The number of aromatic amines is 1. The predicted molar refractivity (Wildman–Crippen MR) is 68.3 cm³/mol. The molecule has 0 fully saturated rings. The molecule has 0 atom stereocenters. The Kier molecular flexibility index (Phi) is 5.41. The molecule has 7 heteroatoms. The van der Waals surface area contributed by atoms with Crippen LogP contribution in [0.3, 0.4) is 0 Å². The van der Waals surface area contributed by atoms with Gasteiger partial charge in [-0.3, -0.25) is 9.89 Å². The average Bonchev–Trinajstić information content (AvgIpc) is 2.61. The summed E-state index contributed by atoms with van der Waals surface area (Å²) < 4.78 is 0.631. The van der Waals surface area contributed by atoms with Gasteiger partial charge in [-0.2, -0.15) is 0 Å². The van der Waals surface area contributed by atoms with Crippen molar-refractivity contribution in [1.29, 1.82) is 0 Å². The van der Waals surface area contributed by atoms with Crippen molar-refractivity contribution < 1.29 is 4.79 Å². The molecule has 0 saturated heterocycles. The van der Waals surface area contributed by atoms with Crippen molar-refractivity contribution in [2.24, 2.45) is 5.92 Å². The number of rotatable bonds is 6. The molecule has 90 valence electrons. The average molecular weight is 260 g/mol. The van der Waals surface area contributed by atoms with Gasteiger partial charge < -0.3 is 10.6 Å². The summed E-state index contributed by atoms with van der Waals surface area (Å²) in [5.41, 5.74) is 0. The third-order valence-corrected chi connectivity index (χ3v) is 2.82. The highest BCUT2D eigenvalue weighted by Crippen LogP contribution is 2.10. The molecule has 16 heavy (non-hydrogen) atoms. The molecule has 0 aliphatic carbocycles.